The van der Waals surface area contributed by atoms with Gasteiger partial charge in [0.2, 0.25) is 15.9 Å². The second-order valence-corrected chi connectivity index (χ2v) is 8.44. The summed E-state index contributed by atoms with van der Waals surface area (Å²) >= 11 is 0. The number of hydrogen-bond acceptors (Lipinski definition) is 4. The maximum absolute atomic E-state index is 12.2. The summed E-state index contributed by atoms with van der Waals surface area (Å²) in [6, 6.07) is 14.2. The summed E-state index contributed by atoms with van der Waals surface area (Å²) in [5.74, 6) is -0.401. The van der Waals surface area contributed by atoms with Crippen molar-refractivity contribution in [2.75, 3.05) is 18.1 Å². The SMILES string of the molecule is CC(=O)c1cccc(NC(=O)CCN(Cc2ccccc2C)S(C)(=O)=O)c1. The first-order valence-corrected chi connectivity index (χ1v) is 10.4. The average Bonchev–Trinajstić information content (AvgIpc) is 2.59. The first kappa shape index (κ1) is 20.8. The van der Waals surface area contributed by atoms with Crippen LogP contribution in [0.4, 0.5) is 5.69 Å². The smallest absolute Gasteiger partial charge is 0.225 e. The van der Waals surface area contributed by atoms with E-state index in [1.54, 1.807) is 24.3 Å². The van der Waals surface area contributed by atoms with Gasteiger partial charge in [-0.25, -0.2) is 8.42 Å². The van der Waals surface area contributed by atoms with E-state index in [9.17, 15) is 18.0 Å². The Bertz CT molecular complexity index is 939. The molecule has 0 fully saturated rings. The zero-order chi connectivity index (χ0) is 20.0. The van der Waals surface area contributed by atoms with Crippen LogP contribution in [0.15, 0.2) is 48.5 Å². The van der Waals surface area contributed by atoms with Gasteiger partial charge in [0.05, 0.1) is 6.26 Å². The van der Waals surface area contributed by atoms with Gasteiger partial charge in [-0.2, -0.15) is 4.31 Å². The van der Waals surface area contributed by atoms with Crippen molar-refractivity contribution < 1.29 is 18.0 Å². The lowest BCUT2D eigenvalue weighted by molar-refractivity contribution is -0.116. The number of benzene rings is 2. The molecular formula is C20H24N2O4S. The summed E-state index contributed by atoms with van der Waals surface area (Å²) in [6.45, 7) is 3.67. The summed E-state index contributed by atoms with van der Waals surface area (Å²) < 4.78 is 25.5. The van der Waals surface area contributed by atoms with E-state index < -0.39 is 10.0 Å². The van der Waals surface area contributed by atoms with E-state index in [0.717, 1.165) is 17.4 Å². The molecule has 0 bridgehead atoms. The minimum absolute atomic E-state index is 0.0171. The standard InChI is InChI=1S/C20H24N2O4S/c1-15-7-4-5-8-18(15)14-22(27(3,25)26)12-11-20(24)21-19-10-6-9-17(13-19)16(2)23/h4-10,13H,11-12,14H2,1-3H3,(H,21,24). The van der Waals surface area contributed by atoms with Gasteiger partial charge in [0.1, 0.15) is 0 Å². The third-order valence-electron chi connectivity index (χ3n) is 4.22. The van der Waals surface area contributed by atoms with Gasteiger partial charge in [-0.15, -0.1) is 0 Å². The summed E-state index contributed by atoms with van der Waals surface area (Å²) in [6.07, 6.45) is 1.16. The van der Waals surface area contributed by atoms with Gasteiger partial charge in [0, 0.05) is 30.8 Å². The Morgan fingerprint density at radius 3 is 2.41 bits per heavy atom. The fourth-order valence-electron chi connectivity index (χ4n) is 2.61. The minimum Gasteiger partial charge on any atom is -0.326 e. The van der Waals surface area contributed by atoms with Crippen molar-refractivity contribution in [3.8, 4) is 0 Å². The molecule has 0 radical (unpaired) electrons. The number of amides is 1. The fraction of sp³-hybridized carbons (Fsp3) is 0.300. The Balaban J connectivity index is 2.02. The molecule has 1 N–H and O–H groups in total. The molecule has 0 saturated heterocycles. The Hall–Kier alpha value is -2.51. The van der Waals surface area contributed by atoms with Crippen LogP contribution in [0.5, 0.6) is 0 Å². The molecule has 2 aromatic carbocycles. The largest absolute Gasteiger partial charge is 0.326 e. The van der Waals surface area contributed by atoms with Crippen LogP contribution in [0.3, 0.4) is 0 Å². The van der Waals surface area contributed by atoms with Crippen LogP contribution in [0, 0.1) is 6.92 Å². The third-order valence-corrected chi connectivity index (χ3v) is 5.47. The Morgan fingerprint density at radius 1 is 1.07 bits per heavy atom. The summed E-state index contributed by atoms with van der Waals surface area (Å²) in [7, 11) is -3.46. The monoisotopic (exact) mass is 388 g/mol. The normalized spacial score (nSPS) is 11.4. The number of nitrogens with one attached hydrogen (secondary N) is 1. The highest BCUT2D eigenvalue weighted by Gasteiger charge is 2.19. The van der Waals surface area contributed by atoms with Gasteiger partial charge in [-0.05, 0) is 37.1 Å². The second kappa shape index (κ2) is 8.92. The first-order chi connectivity index (χ1) is 12.7. The minimum atomic E-state index is -3.46. The molecule has 0 saturated carbocycles. The summed E-state index contributed by atoms with van der Waals surface area (Å²) in [5, 5.41) is 2.71. The number of Topliss-reactive ketones (excluding diaryl/α,β-unsaturated/α-hetero) is 1. The molecule has 7 heteroatoms. The van der Waals surface area contributed by atoms with Gasteiger partial charge in [-0.3, -0.25) is 9.59 Å². The van der Waals surface area contributed by atoms with Gasteiger partial charge >= 0.3 is 0 Å². The highest BCUT2D eigenvalue weighted by atomic mass is 32.2. The number of carbonyl (C=O) groups excluding carboxylic acids is 2. The summed E-state index contributed by atoms with van der Waals surface area (Å²) in [4.78, 5) is 23.7. The molecular weight excluding hydrogens is 364 g/mol. The number of carbonyl (C=O) groups is 2. The number of ketones is 1. The molecule has 0 atom stereocenters. The first-order valence-electron chi connectivity index (χ1n) is 8.57. The molecule has 0 heterocycles. The van der Waals surface area contributed by atoms with Crippen molar-refractivity contribution in [3.05, 3.63) is 65.2 Å². The molecule has 0 aliphatic carbocycles. The highest BCUT2D eigenvalue weighted by Crippen LogP contribution is 2.15. The van der Waals surface area contributed by atoms with Crippen LogP contribution in [0.2, 0.25) is 0 Å². The predicted molar refractivity (Wildman–Crippen MR) is 106 cm³/mol. The number of sulfonamides is 1. The van der Waals surface area contributed by atoms with Gasteiger partial charge < -0.3 is 5.32 Å². The number of nitrogens with zero attached hydrogens (tertiary/aromatic N) is 1. The number of hydrogen-bond donors (Lipinski definition) is 1. The molecule has 0 spiro atoms. The van der Waals surface area contributed by atoms with Crippen LogP contribution < -0.4 is 5.32 Å². The van der Waals surface area contributed by atoms with Crippen LogP contribution in [-0.4, -0.2) is 37.2 Å². The highest BCUT2D eigenvalue weighted by molar-refractivity contribution is 7.88. The van der Waals surface area contributed by atoms with Crippen molar-refractivity contribution >= 4 is 27.4 Å². The maximum atomic E-state index is 12.2. The van der Waals surface area contributed by atoms with Crippen LogP contribution >= 0.6 is 0 Å². The van der Waals surface area contributed by atoms with E-state index in [1.165, 1.54) is 11.2 Å². The van der Waals surface area contributed by atoms with Gasteiger partial charge in [0.25, 0.3) is 0 Å². The number of aryl methyl sites for hydroxylation is 1. The Labute approximate surface area is 160 Å². The third kappa shape index (κ3) is 6.30. The molecule has 27 heavy (non-hydrogen) atoms. The van der Waals surface area contributed by atoms with Crippen molar-refractivity contribution in [2.24, 2.45) is 0 Å². The molecule has 0 aliphatic rings. The molecule has 0 aromatic heterocycles. The average molecular weight is 388 g/mol. The van der Waals surface area contributed by atoms with E-state index in [-0.39, 0.29) is 31.2 Å². The predicted octanol–water partition coefficient (Wildman–Crippen LogP) is 2.99. The fourth-order valence-corrected chi connectivity index (χ4v) is 3.40. The van der Waals surface area contributed by atoms with Crippen molar-refractivity contribution in [1.29, 1.82) is 0 Å². The molecule has 144 valence electrons. The number of rotatable bonds is 8. The van der Waals surface area contributed by atoms with Crippen LogP contribution in [0.1, 0.15) is 34.8 Å². The zero-order valence-electron chi connectivity index (χ0n) is 15.7. The molecule has 1 amide bonds. The second-order valence-electron chi connectivity index (χ2n) is 6.46. The van der Waals surface area contributed by atoms with Crippen molar-refractivity contribution in [1.82, 2.24) is 4.31 Å². The van der Waals surface area contributed by atoms with E-state index in [0.29, 0.717) is 11.3 Å². The van der Waals surface area contributed by atoms with E-state index in [2.05, 4.69) is 5.32 Å². The zero-order valence-corrected chi connectivity index (χ0v) is 16.5. The topological polar surface area (TPSA) is 83.6 Å². The molecule has 6 nitrogen and oxygen atoms in total. The Kier molecular flexibility index (Phi) is 6.87. The lowest BCUT2D eigenvalue weighted by atomic mass is 10.1. The quantitative estimate of drug-likeness (QED) is 0.705. The van der Waals surface area contributed by atoms with E-state index in [1.807, 2.05) is 31.2 Å². The summed E-state index contributed by atoms with van der Waals surface area (Å²) in [5.41, 5.74) is 2.91. The van der Waals surface area contributed by atoms with Crippen molar-refractivity contribution in [2.45, 2.75) is 26.8 Å². The van der Waals surface area contributed by atoms with Crippen LogP contribution in [0.25, 0.3) is 0 Å². The lowest BCUT2D eigenvalue weighted by Crippen LogP contribution is -2.32. The Morgan fingerprint density at radius 2 is 1.78 bits per heavy atom. The molecule has 2 rings (SSSR count). The van der Waals surface area contributed by atoms with E-state index >= 15 is 0 Å². The van der Waals surface area contributed by atoms with Crippen molar-refractivity contribution in [3.63, 3.8) is 0 Å². The lowest BCUT2D eigenvalue weighted by Gasteiger charge is -2.21. The van der Waals surface area contributed by atoms with E-state index in [4.69, 9.17) is 0 Å². The molecule has 0 aliphatic heterocycles. The maximum Gasteiger partial charge on any atom is 0.225 e. The molecule has 0 unspecified atom stereocenters. The van der Waals surface area contributed by atoms with Crippen LogP contribution in [-0.2, 0) is 21.4 Å². The molecule has 2 aromatic rings. The van der Waals surface area contributed by atoms with Gasteiger partial charge in [0.15, 0.2) is 5.78 Å². The van der Waals surface area contributed by atoms with Gasteiger partial charge in [-0.1, -0.05) is 36.4 Å². The number of anilines is 1.